The van der Waals surface area contributed by atoms with Gasteiger partial charge in [0.1, 0.15) is 11.4 Å². The van der Waals surface area contributed by atoms with Crippen molar-refractivity contribution < 1.29 is 23.8 Å². The number of hydrogen-bond acceptors (Lipinski definition) is 4. The number of carbonyl (C=O) groups is 2. The third-order valence-electron chi connectivity index (χ3n) is 4.74. The Balaban J connectivity index is 2.14. The Morgan fingerprint density at radius 3 is 2.22 bits per heavy atom. The zero-order valence-corrected chi connectivity index (χ0v) is 20.2. The van der Waals surface area contributed by atoms with E-state index < -0.39 is 30.8 Å². The summed E-state index contributed by atoms with van der Waals surface area (Å²) in [6.07, 6.45) is -0.914. The van der Waals surface area contributed by atoms with Gasteiger partial charge in [0, 0.05) is 24.2 Å². The van der Waals surface area contributed by atoms with Gasteiger partial charge in [0.15, 0.2) is 0 Å². The van der Waals surface area contributed by atoms with E-state index in [2.05, 4.69) is 10.6 Å². The molecule has 32 heavy (non-hydrogen) atoms. The monoisotopic (exact) mass is 460 g/mol. The van der Waals surface area contributed by atoms with E-state index in [1.807, 2.05) is 49.4 Å². The molecule has 2 aromatic rings. The van der Waals surface area contributed by atoms with Gasteiger partial charge in [0.05, 0.1) is 0 Å². The van der Waals surface area contributed by atoms with Crippen LogP contribution >= 0.6 is 7.37 Å². The van der Waals surface area contributed by atoms with Crippen LogP contribution in [-0.4, -0.2) is 34.4 Å². The molecule has 7 nitrogen and oxygen atoms in total. The van der Waals surface area contributed by atoms with Crippen molar-refractivity contribution >= 4 is 25.1 Å². The molecule has 2 aromatic carbocycles. The zero-order valence-electron chi connectivity index (χ0n) is 19.3. The van der Waals surface area contributed by atoms with Gasteiger partial charge in [0.25, 0.3) is 0 Å². The number of nitrogens with one attached hydrogen (secondary N) is 2. The molecule has 174 valence electrons. The van der Waals surface area contributed by atoms with Gasteiger partial charge in [-0.1, -0.05) is 55.0 Å². The van der Waals surface area contributed by atoms with E-state index in [0.29, 0.717) is 5.69 Å². The molecule has 2 unspecified atom stereocenters. The van der Waals surface area contributed by atoms with Gasteiger partial charge in [-0.2, -0.15) is 0 Å². The van der Waals surface area contributed by atoms with Crippen molar-refractivity contribution in [2.45, 2.75) is 52.4 Å². The zero-order chi connectivity index (χ0) is 23.9. The Morgan fingerprint density at radius 2 is 1.66 bits per heavy atom. The fourth-order valence-corrected chi connectivity index (χ4v) is 5.09. The predicted molar refractivity (Wildman–Crippen MR) is 127 cm³/mol. The highest BCUT2D eigenvalue weighted by Gasteiger charge is 2.36. The molecule has 0 heterocycles. The minimum absolute atomic E-state index is 0.139. The summed E-state index contributed by atoms with van der Waals surface area (Å²) in [5.41, 5.74) is 1.72. The summed E-state index contributed by atoms with van der Waals surface area (Å²) in [6, 6.07) is 16.4. The fourth-order valence-electron chi connectivity index (χ4n) is 3.08. The van der Waals surface area contributed by atoms with Crippen LogP contribution in [0, 0.1) is 12.8 Å². The molecule has 0 fully saturated rings. The number of aryl methyl sites for hydroxylation is 1. The second-order valence-electron chi connectivity index (χ2n) is 9.05. The van der Waals surface area contributed by atoms with Crippen LogP contribution in [0.3, 0.4) is 0 Å². The lowest BCUT2D eigenvalue weighted by Gasteiger charge is -2.28. The molecule has 0 aliphatic rings. The van der Waals surface area contributed by atoms with Gasteiger partial charge in [-0.3, -0.25) is 9.36 Å². The lowest BCUT2D eigenvalue weighted by molar-refractivity contribution is -0.118. The number of carbonyl (C=O) groups excluding carboxylic acids is 2. The van der Waals surface area contributed by atoms with Gasteiger partial charge in [-0.15, -0.1) is 0 Å². The summed E-state index contributed by atoms with van der Waals surface area (Å²) in [5.74, 6) is -2.20. The molecule has 3 N–H and O–H groups in total. The first kappa shape index (κ1) is 25.6. The van der Waals surface area contributed by atoms with E-state index in [9.17, 15) is 19.0 Å². The summed E-state index contributed by atoms with van der Waals surface area (Å²) >= 11 is 0. The summed E-state index contributed by atoms with van der Waals surface area (Å²) in [6.45, 7) is 8.69. The predicted octanol–water partition coefficient (Wildman–Crippen LogP) is 4.93. The molecule has 0 saturated heterocycles. The largest absolute Gasteiger partial charge is 0.444 e. The number of alkyl carbamates (subject to hydrolysis) is 1. The SMILES string of the molecule is Cc1ccc(NC(=O)C(C)CP(=O)(O)[C@H](Cc2ccccc2)NC(=O)OC(C)(C)C)cc1. The van der Waals surface area contributed by atoms with E-state index in [0.717, 1.165) is 11.1 Å². The van der Waals surface area contributed by atoms with E-state index in [1.165, 1.54) is 0 Å². The molecule has 0 aromatic heterocycles. The van der Waals surface area contributed by atoms with Crippen LogP contribution in [-0.2, 0) is 20.5 Å². The van der Waals surface area contributed by atoms with Gasteiger partial charge in [-0.25, -0.2) is 4.79 Å². The van der Waals surface area contributed by atoms with E-state index in [-0.39, 0.29) is 18.5 Å². The van der Waals surface area contributed by atoms with Crippen molar-refractivity contribution in [3.05, 3.63) is 65.7 Å². The van der Waals surface area contributed by atoms with Crippen molar-refractivity contribution in [2.24, 2.45) is 5.92 Å². The normalized spacial score (nSPS) is 15.2. The van der Waals surface area contributed by atoms with Crippen LogP contribution in [0.15, 0.2) is 54.6 Å². The highest BCUT2D eigenvalue weighted by molar-refractivity contribution is 7.58. The minimum Gasteiger partial charge on any atom is -0.444 e. The standard InChI is InChI=1S/C24H33N2O5P/c1-17-11-13-20(14-12-17)25-22(27)18(2)16-32(29,30)21(15-19-9-7-6-8-10-19)26-23(28)31-24(3,4)5/h6-14,18,21H,15-16H2,1-5H3,(H,25,27)(H,26,28)(H,29,30)/t18?,21-/m1/s1. The van der Waals surface area contributed by atoms with Crippen LogP contribution in [0.5, 0.6) is 0 Å². The number of amides is 2. The molecule has 0 saturated carbocycles. The molecule has 0 aliphatic heterocycles. The molecule has 0 spiro atoms. The molecular formula is C24H33N2O5P. The molecule has 8 heteroatoms. The number of hydrogen-bond donors (Lipinski definition) is 3. The van der Waals surface area contributed by atoms with Crippen LogP contribution < -0.4 is 10.6 Å². The molecule has 3 atom stereocenters. The van der Waals surface area contributed by atoms with Crippen molar-refractivity contribution in [3.63, 3.8) is 0 Å². The van der Waals surface area contributed by atoms with Crippen molar-refractivity contribution in [2.75, 3.05) is 11.5 Å². The van der Waals surface area contributed by atoms with Crippen LogP contribution in [0.4, 0.5) is 10.5 Å². The van der Waals surface area contributed by atoms with E-state index in [1.54, 1.807) is 39.8 Å². The summed E-state index contributed by atoms with van der Waals surface area (Å²) in [7, 11) is -3.98. The highest BCUT2D eigenvalue weighted by atomic mass is 31.2. The Labute approximate surface area is 190 Å². The average Bonchev–Trinajstić information content (AvgIpc) is 2.68. The van der Waals surface area contributed by atoms with Crippen LogP contribution in [0.1, 0.15) is 38.8 Å². The molecule has 0 radical (unpaired) electrons. The topological polar surface area (TPSA) is 105 Å². The summed E-state index contributed by atoms with van der Waals surface area (Å²) < 4.78 is 18.6. The highest BCUT2D eigenvalue weighted by Crippen LogP contribution is 2.48. The van der Waals surface area contributed by atoms with Crippen LogP contribution in [0.2, 0.25) is 0 Å². The quantitative estimate of drug-likeness (QED) is 0.485. The van der Waals surface area contributed by atoms with Gasteiger partial charge < -0.3 is 20.3 Å². The Bertz CT molecular complexity index is 955. The average molecular weight is 461 g/mol. The number of rotatable bonds is 8. The molecule has 2 rings (SSSR count). The van der Waals surface area contributed by atoms with Gasteiger partial charge in [-0.05, 0) is 45.4 Å². The van der Waals surface area contributed by atoms with Crippen molar-refractivity contribution in [3.8, 4) is 0 Å². The lowest BCUT2D eigenvalue weighted by Crippen LogP contribution is -2.41. The minimum atomic E-state index is -3.98. The van der Waals surface area contributed by atoms with Crippen molar-refractivity contribution in [1.29, 1.82) is 0 Å². The maximum absolute atomic E-state index is 13.3. The number of benzene rings is 2. The molecule has 0 bridgehead atoms. The molecule has 2 amide bonds. The summed E-state index contributed by atoms with van der Waals surface area (Å²) in [4.78, 5) is 35.9. The number of ether oxygens (including phenoxy) is 1. The van der Waals surface area contributed by atoms with E-state index in [4.69, 9.17) is 4.74 Å². The van der Waals surface area contributed by atoms with Crippen LogP contribution in [0.25, 0.3) is 0 Å². The lowest BCUT2D eigenvalue weighted by atomic mass is 10.1. The first-order valence-electron chi connectivity index (χ1n) is 10.6. The first-order valence-corrected chi connectivity index (χ1v) is 12.5. The maximum Gasteiger partial charge on any atom is 0.408 e. The van der Waals surface area contributed by atoms with Crippen molar-refractivity contribution in [1.82, 2.24) is 5.32 Å². The first-order chi connectivity index (χ1) is 14.9. The summed E-state index contributed by atoms with van der Waals surface area (Å²) in [5, 5.41) is 5.33. The molecule has 0 aliphatic carbocycles. The Hall–Kier alpha value is -2.63. The van der Waals surface area contributed by atoms with E-state index >= 15 is 0 Å². The third kappa shape index (κ3) is 8.48. The van der Waals surface area contributed by atoms with Gasteiger partial charge in [0.2, 0.25) is 13.3 Å². The van der Waals surface area contributed by atoms with Gasteiger partial charge >= 0.3 is 6.09 Å². The fraction of sp³-hybridized carbons (Fsp3) is 0.417. The Morgan fingerprint density at radius 1 is 1.06 bits per heavy atom. The second kappa shape index (κ2) is 10.8. The third-order valence-corrected chi connectivity index (χ3v) is 7.10. The number of anilines is 1. The second-order valence-corrected chi connectivity index (χ2v) is 11.5. The Kier molecular flexibility index (Phi) is 8.65. The molecular weight excluding hydrogens is 427 g/mol. The maximum atomic E-state index is 13.3. The smallest absolute Gasteiger partial charge is 0.408 e.